The highest BCUT2D eigenvalue weighted by Crippen LogP contribution is 2.20. The van der Waals surface area contributed by atoms with Crippen LogP contribution in [0.1, 0.15) is 49.2 Å². The van der Waals surface area contributed by atoms with Crippen molar-refractivity contribution in [2.45, 2.75) is 44.2 Å². The van der Waals surface area contributed by atoms with Crippen LogP contribution < -0.4 is 10.0 Å². The maximum Gasteiger partial charge on any atom is 0.251 e. The van der Waals surface area contributed by atoms with Crippen molar-refractivity contribution in [2.75, 3.05) is 0 Å². The SMILES string of the molecule is CCC(NC(=O)c1cccc(S(=O)(=O)NC(C)C)c1)c1ccc(Br)cc1. The summed E-state index contributed by atoms with van der Waals surface area (Å²) in [4.78, 5) is 12.7. The summed E-state index contributed by atoms with van der Waals surface area (Å²) >= 11 is 3.40. The molecule has 0 heterocycles. The number of halogens is 1. The van der Waals surface area contributed by atoms with Crippen molar-refractivity contribution in [3.05, 3.63) is 64.1 Å². The first kappa shape index (κ1) is 20.6. The van der Waals surface area contributed by atoms with Gasteiger partial charge >= 0.3 is 0 Å². The molecule has 2 rings (SSSR count). The van der Waals surface area contributed by atoms with Gasteiger partial charge in [-0.1, -0.05) is 41.1 Å². The number of nitrogens with one attached hydrogen (secondary N) is 2. The van der Waals surface area contributed by atoms with Crippen molar-refractivity contribution in [3.63, 3.8) is 0 Å². The van der Waals surface area contributed by atoms with Crippen molar-refractivity contribution in [1.82, 2.24) is 10.0 Å². The van der Waals surface area contributed by atoms with Gasteiger partial charge in [0.25, 0.3) is 5.91 Å². The Morgan fingerprint density at radius 3 is 2.35 bits per heavy atom. The van der Waals surface area contributed by atoms with E-state index in [0.717, 1.165) is 16.5 Å². The molecule has 2 N–H and O–H groups in total. The van der Waals surface area contributed by atoms with Crippen LogP contribution in [-0.2, 0) is 10.0 Å². The molecule has 7 heteroatoms. The molecule has 1 atom stereocenters. The summed E-state index contributed by atoms with van der Waals surface area (Å²) in [5.74, 6) is -0.304. The quantitative estimate of drug-likeness (QED) is 0.685. The van der Waals surface area contributed by atoms with Gasteiger partial charge in [-0.15, -0.1) is 0 Å². The lowest BCUT2D eigenvalue weighted by molar-refractivity contribution is 0.0935. The second-order valence-electron chi connectivity index (χ2n) is 6.29. The first-order valence-corrected chi connectivity index (χ1v) is 10.7. The fourth-order valence-corrected chi connectivity index (χ4v) is 4.10. The molecule has 0 radical (unpaired) electrons. The van der Waals surface area contributed by atoms with E-state index in [0.29, 0.717) is 5.56 Å². The zero-order valence-electron chi connectivity index (χ0n) is 15.0. The van der Waals surface area contributed by atoms with Crippen LogP contribution >= 0.6 is 15.9 Å². The minimum absolute atomic E-state index is 0.0792. The van der Waals surface area contributed by atoms with E-state index < -0.39 is 10.0 Å². The third-order valence-electron chi connectivity index (χ3n) is 3.78. The van der Waals surface area contributed by atoms with Gasteiger partial charge in [0.1, 0.15) is 0 Å². The number of rotatable bonds is 7. The second kappa shape index (κ2) is 8.79. The van der Waals surface area contributed by atoms with Crippen molar-refractivity contribution >= 4 is 31.9 Å². The van der Waals surface area contributed by atoms with E-state index in [1.54, 1.807) is 26.0 Å². The Morgan fingerprint density at radius 1 is 1.12 bits per heavy atom. The lowest BCUT2D eigenvalue weighted by Gasteiger charge is -2.18. The zero-order chi connectivity index (χ0) is 19.3. The Labute approximate surface area is 163 Å². The molecule has 1 amide bonds. The van der Waals surface area contributed by atoms with Crippen molar-refractivity contribution < 1.29 is 13.2 Å². The predicted octanol–water partition coefficient (Wildman–Crippen LogP) is 4.02. The Balaban J connectivity index is 2.21. The van der Waals surface area contributed by atoms with Crippen LogP contribution in [0.5, 0.6) is 0 Å². The molecule has 0 fully saturated rings. The molecule has 5 nitrogen and oxygen atoms in total. The molecule has 0 saturated heterocycles. The van der Waals surface area contributed by atoms with Gasteiger partial charge in [-0.2, -0.15) is 0 Å². The molecular formula is C19H23BrN2O3S. The molecule has 0 saturated carbocycles. The molecule has 0 spiro atoms. The lowest BCUT2D eigenvalue weighted by Crippen LogP contribution is -2.31. The molecular weight excluding hydrogens is 416 g/mol. The highest BCUT2D eigenvalue weighted by atomic mass is 79.9. The van der Waals surface area contributed by atoms with E-state index in [4.69, 9.17) is 0 Å². The van der Waals surface area contributed by atoms with Gasteiger partial charge in [0, 0.05) is 16.1 Å². The van der Waals surface area contributed by atoms with E-state index in [-0.39, 0.29) is 22.9 Å². The van der Waals surface area contributed by atoms with Gasteiger partial charge in [-0.3, -0.25) is 4.79 Å². The van der Waals surface area contributed by atoms with Gasteiger partial charge in [-0.05, 0) is 56.2 Å². The first-order chi connectivity index (χ1) is 12.2. The van der Waals surface area contributed by atoms with Crippen LogP contribution in [0.25, 0.3) is 0 Å². The van der Waals surface area contributed by atoms with Gasteiger partial charge < -0.3 is 5.32 Å². The van der Waals surface area contributed by atoms with Crippen LogP contribution in [-0.4, -0.2) is 20.4 Å². The molecule has 0 aliphatic heterocycles. The molecule has 0 aromatic heterocycles. The molecule has 0 bridgehead atoms. The third-order valence-corrected chi connectivity index (χ3v) is 5.97. The minimum atomic E-state index is -3.64. The zero-order valence-corrected chi connectivity index (χ0v) is 17.4. The van der Waals surface area contributed by atoms with Gasteiger partial charge in [0.05, 0.1) is 10.9 Å². The van der Waals surface area contributed by atoms with Crippen molar-refractivity contribution in [2.24, 2.45) is 0 Å². The Bertz CT molecular complexity index is 865. The normalized spacial score (nSPS) is 12.8. The number of sulfonamides is 1. The van der Waals surface area contributed by atoms with E-state index >= 15 is 0 Å². The Hall–Kier alpha value is -1.70. The van der Waals surface area contributed by atoms with Crippen LogP contribution in [0.4, 0.5) is 0 Å². The highest BCUT2D eigenvalue weighted by molar-refractivity contribution is 9.10. The summed E-state index contributed by atoms with van der Waals surface area (Å²) < 4.78 is 28.1. The van der Waals surface area contributed by atoms with E-state index in [9.17, 15) is 13.2 Å². The third kappa shape index (κ3) is 5.40. The Morgan fingerprint density at radius 2 is 1.77 bits per heavy atom. The molecule has 140 valence electrons. The second-order valence-corrected chi connectivity index (χ2v) is 8.92. The molecule has 2 aromatic rings. The van der Waals surface area contributed by atoms with Gasteiger partial charge in [0.2, 0.25) is 10.0 Å². The van der Waals surface area contributed by atoms with E-state index in [2.05, 4.69) is 26.0 Å². The summed E-state index contributed by atoms with van der Waals surface area (Å²) in [7, 11) is -3.64. The monoisotopic (exact) mass is 438 g/mol. The molecule has 2 aromatic carbocycles. The average Bonchev–Trinajstić information content (AvgIpc) is 2.59. The minimum Gasteiger partial charge on any atom is -0.345 e. The molecule has 0 aliphatic carbocycles. The van der Waals surface area contributed by atoms with Crippen molar-refractivity contribution in [3.8, 4) is 0 Å². The van der Waals surface area contributed by atoms with Crippen LogP contribution in [0, 0.1) is 0 Å². The standard InChI is InChI=1S/C19H23BrN2O3S/c1-4-18(14-8-10-16(20)11-9-14)21-19(23)15-6-5-7-17(12-15)26(24,25)22-13(2)3/h5-13,18,22H,4H2,1-3H3,(H,21,23). The summed E-state index contributed by atoms with van der Waals surface area (Å²) in [5, 5.41) is 2.97. The van der Waals surface area contributed by atoms with Crippen LogP contribution in [0.15, 0.2) is 57.9 Å². The predicted molar refractivity (Wildman–Crippen MR) is 107 cm³/mol. The number of carbonyl (C=O) groups is 1. The maximum absolute atomic E-state index is 12.6. The highest BCUT2D eigenvalue weighted by Gasteiger charge is 2.19. The average molecular weight is 439 g/mol. The van der Waals surface area contributed by atoms with Crippen LogP contribution in [0.3, 0.4) is 0 Å². The molecule has 1 unspecified atom stereocenters. The van der Waals surface area contributed by atoms with E-state index in [1.165, 1.54) is 12.1 Å². The molecule has 26 heavy (non-hydrogen) atoms. The summed E-state index contributed by atoms with van der Waals surface area (Å²) in [6.07, 6.45) is 0.722. The maximum atomic E-state index is 12.6. The van der Waals surface area contributed by atoms with Gasteiger partial charge in [-0.25, -0.2) is 13.1 Å². The first-order valence-electron chi connectivity index (χ1n) is 8.41. The van der Waals surface area contributed by atoms with E-state index in [1.807, 2.05) is 31.2 Å². The fraction of sp³-hybridized carbons (Fsp3) is 0.316. The largest absolute Gasteiger partial charge is 0.345 e. The number of hydrogen-bond donors (Lipinski definition) is 2. The fourth-order valence-electron chi connectivity index (χ4n) is 2.54. The summed E-state index contributed by atoms with van der Waals surface area (Å²) in [6, 6.07) is 13.4. The molecule has 0 aliphatic rings. The topological polar surface area (TPSA) is 75.3 Å². The van der Waals surface area contributed by atoms with Gasteiger partial charge in [0.15, 0.2) is 0 Å². The van der Waals surface area contributed by atoms with Crippen LogP contribution in [0.2, 0.25) is 0 Å². The number of benzene rings is 2. The lowest BCUT2D eigenvalue weighted by atomic mass is 10.0. The van der Waals surface area contributed by atoms with Crippen molar-refractivity contribution in [1.29, 1.82) is 0 Å². The summed E-state index contributed by atoms with van der Waals surface area (Å²) in [6.45, 7) is 5.48. The number of amides is 1. The Kier molecular flexibility index (Phi) is 6.97. The summed E-state index contributed by atoms with van der Waals surface area (Å²) in [5.41, 5.74) is 1.31. The number of carbonyl (C=O) groups excluding carboxylic acids is 1. The number of hydrogen-bond acceptors (Lipinski definition) is 3. The smallest absolute Gasteiger partial charge is 0.251 e.